The van der Waals surface area contributed by atoms with Gasteiger partial charge in [0.1, 0.15) is 16.5 Å². The summed E-state index contributed by atoms with van der Waals surface area (Å²) in [5, 5.41) is 3.68. The maximum atomic E-state index is 13.9. The van der Waals surface area contributed by atoms with Gasteiger partial charge in [0.15, 0.2) is 0 Å². The lowest BCUT2D eigenvalue weighted by atomic mass is 9.85. The Labute approximate surface area is 206 Å². The van der Waals surface area contributed by atoms with E-state index in [2.05, 4.69) is 21.1 Å². The number of pyridine rings is 1. The molecule has 3 aromatic rings. The molecule has 1 aromatic heterocycles. The Balaban J connectivity index is 1.28. The lowest BCUT2D eigenvalue weighted by Gasteiger charge is -2.31. The third-order valence-electron chi connectivity index (χ3n) is 6.73. The number of nitrogens with one attached hydrogen (secondary N) is 2. The molecule has 0 radical (unpaired) electrons. The zero-order valence-corrected chi connectivity index (χ0v) is 20.4. The van der Waals surface area contributed by atoms with Crippen molar-refractivity contribution in [2.75, 3.05) is 13.1 Å². The van der Waals surface area contributed by atoms with Crippen molar-refractivity contribution in [2.45, 2.75) is 49.0 Å². The van der Waals surface area contributed by atoms with Gasteiger partial charge in [0.2, 0.25) is 10.0 Å². The second-order valence-corrected chi connectivity index (χ2v) is 11.0. The van der Waals surface area contributed by atoms with Crippen LogP contribution in [0.25, 0.3) is 0 Å². The minimum absolute atomic E-state index is 0.185. The second-order valence-electron chi connectivity index (χ2n) is 9.22. The third kappa shape index (κ3) is 7.16. The summed E-state index contributed by atoms with van der Waals surface area (Å²) in [6, 6.07) is 16.4. The smallest absolute Gasteiger partial charge is 0.243 e. The first-order chi connectivity index (χ1) is 16.9. The molecule has 2 N–H and O–H groups in total. The topological polar surface area (TPSA) is 71.1 Å². The molecule has 186 valence electrons. The highest BCUT2D eigenvalue weighted by Crippen LogP contribution is 2.26. The quantitative estimate of drug-likeness (QED) is 0.420. The lowest BCUT2D eigenvalue weighted by Crippen LogP contribution is -2.38. The predicted molar refractivity (Wildman–Crippen MR) is 132 cm³/mol. The monoisotopic (exact) mass is 499 g/mol. The Morgan fingerprint density at radius 3 is 2.37 bits per heavy atom. The van der Waals surface area contributed by atoms with E-state index in [0.29, 0.717) is 12.6 Å². The fourth-order valence-electron chi connectivity index (χ4n) is 4.69. The van der Waals surface area contributed by atoms with Crippen LogP contribution in [0.1, 0.15) is 42.7 Å². The highest BCUT2D eigenvalue weighted by atomic mass is 32.2. The first kappa shape index (κ1) is 25.4. The molecular weight excluding hydrogens is 468 g/mol. The number of halogens is 2. The third-order valence-corrected chi connectivity index (χ3v) is 8.19. The first-order valence-corrected chi connectivity index (χ1v) is 13.5. The van der Waals surface area contributed by atoms with Gasteiger partial charge in [-0.05, 0) is 79.5 Å². The molecule has 8 heteroatoms. The Kier molecular flexibility index (Phi) is 8.59. The van der Waals surface area contributed by atoms with Crippen molar-refractivity contribution >= 4 is 10.0 Å². The number of hydrogen-bond donors (Lipinski definition) is 2. The zero-order valence-electron chi connectivity index (χ0n) is 19.5. The van der Waals surface area contributed by atoms with Crippen LogP contribution in [0.4, 0.5) is 8.78 Å². The van der Waals surface area contributed by atoms with Gasteiger partial charge in [-0.25, -0.2) is 21.9 Å². The highest BCUT2D eigenvalue weighted by Gasteiger charge is 2.25. The van der Waals surface area contributed by atoms with Gasteiger partial charge in [-0.2, -0.15) is 0 Å². The number of benzene rings is 2. The molecule has 0 bridgehead atoms. The summed E-state index contributed by atoms with van der Waals surface area (Å²) in [5.74, 6) is -0.580. The van der Waals surface area contributed by atoms with Gasteiger partial charge < -0.3 is 5.32 Å². The van der Waals surface area contributed by atoms with Crippen molar-refractivity contribution in [3.8, 4) is 0 Å². The summed E-state index contributed by atoms with van der Waals surface area (Å²) in [7, 11) is -3.86. The molecule has 0 saturated heterocycles. The van der Waals surface area contributed by atoms with Crippen molar-refractivity contribution in [3.63, 3.8) is 0 Å². The van der Waals surface area contributed by atoms with Crippen LogP contribution in [0, 0.1) is 17.6 Å². The van der Waals surface area contributed by atoms with Crippen LogP contribution in [0.3, 0.4) is 0 Å². The summed E-state index contributed by atoms with van der Waals surface area (Å²) in [4.78, 5) is 3.90. The summed E-state index contributed by atoms with van der Waals surface area (Å²) in [6.45, 7) is 1.07. The fraction of sp³-hybridized carbons (Fsp3) is 0.370. The van der Waals surface area contributed by atoms with E-state index in [1.54, 1.807) is 6.20 Å². The summed E-state index contributed by atoms with van der Waals surface area (Å²) in [5.41, 5.74) is 2.22. The SMILES string of the molecule is O=S(=O)(NCC1CCC(NCC(Cc2cccnc2)c2ccc(F)cc2)CC1)c1ccccc1F. The predicted octanol–water partition coefficient (Wildman–Crippen LogP) is 4.81. The average molecular weight is 500 g/mol. The second kappa shape index (κ2) is 11.8. The van der Waals surface area contributed by atoms with E-state index < -0.39 is 15.8 Å². The molecule has 1 heterocycles. The molecule has 0 spiro atoms. The molecule has 5 nitrogen and oxygen atoms in total. The first-order valence-electron chi connectivity index (χ1n) is 12.0. The van der Waals surface area contributed by atoms with Gasteiger partial charge in [-0.1, -0.05) is 30.3 Å². The van der Waals surface area contributed by atoms with Crippen molar-refractivity contribution in [2.24, 2.45) is 5.92 Å². The van der Waals surface area contributed by atoms with E-state index in [0.717, 1.165) is 55.8 Å². The Morgan fingerprint density at radius 1 is 0.943 bits per heavy atom. The van der Waals surface area contributed by atoms with E-state index in [9.17, 15) is 17.2 Å². The van der Waals surface area contributed by atoms with E-state index in [1.165, 1.54) is 30.3 Å². The maximum absolute atomic E-state index is 13.9. The molecule has 1 aliphatic carbocycles. The molecule has 1 fully saturated rings. The molecule has 1 unspecified atom stereocenters. The molecule has 0 aliphatic heterocycles. The summed E-state index contributed by atoms with van der Waals surface area (Å²) in [6.07, 6.45) is 8.08. The number of hydrogen-bond acceptors (Lipinski definition) is 4. The Hall–Kier alpha value is -2.68. The zero-order chi connectivity index (χ0) is 24.7. The minimum Gasteiger partial charge on any atom is -0.313 e. The molecule has 0 amide bonds. The molecule has 2 aromatic carbocycles. The van der Waals surface area contributed by atoms with Crippen molar-refractivity contribution < 1.29 is 17.2 Å². The van der Waals surface area contributed by atoms with Gasteiger partial charge in [0.05, 0.1) is 0 Å². The van der Waals surface area contributed by atoms with Crippen LogP contribution in [0.5, 0.6) is 0 Å². The average Bonchev–Trinajstić information content (AvgIpc) is 2.87. The van der Waals surface area contributed by atoms with Crippen LogP contribution < -0.4 is 10.0 Å². The van der Waals surface area contributed by atoms with Crippen LogP contribution in [-0.4, -0.2) is 32.5 Å². The van der Waals surface area contributed by atoms with E-state index in [1.807, 2.05) is 24.4 Å². The minimum atomic E-state index is -3.86. The largest absolute Gasteiger partial charge is 0.313 e. The highest BCUT2D eigenvalue weighted by molar-refractivity contribution is 7.89. The summed E-state index contributed by atoms with van der Waals surface area (Å²) < 4.78 is 54.8. The van der Waals surface area contributed by atoms with Crippen LogP contribution in [-0.2, 0) is 16.4 Å². The van der Waals surface area contributed by atoms with Crippen LogP contribution >= 0.6 is 0 Å². The molecular formula is C27H31F2N3O2S. The standard InChI is InChI=1S/C27H31F2N3O2S/c28-24-11-9-22(10-12-24)23(16-21-4-3-15-30-17-21)19-31-25-13-7-20(8-14-25)18-32-35(33,34)27-6-2-1-5-26(27)29/h1-6,9-12,15,17,20,23,25,31-32H,7-8,13-14,16,18-19H2. The molecule has 35 heavy (non-hydrogen) atoms. The van der Waals surface area contributed by atoms with Crippen molar-refractivity contribution in [1.82, 2.24) is 15.0 Å². The number of nitrogens with zero attached hydrogens (tertiary/aromatic N) is 1. The van der Waals surface area contributed by atoms with Crippen molar-refractivity contribution in [1.29, 1.82) is 0 Å². The van der Waals surface area contributed by atoms with E-state index in [4.69, 9.17) is 0 Å². The molecule has 1 saturated carbocycles. The number of aromatic nitrogens is 1. The lowest BCUT2D eigenvalue weighted by molar-refractivity contribution is 0.288. The van der Waals surface area contributed by atoms with Crippen LogP contribution in [0.2, 0.25) is 0 Å². The van der Waals surface area contributed by atoms with Gasteiger partial charge >= 0.3 is 0 Å². The Morgan fingerprint density at radius 2 is 1.69 bits per heavy atom. The number of rotatable bonds is 10. The normalized spacial score (nSPS) is 19.4. The van der Waals surface area contributed by atoms with E-state index in [-0.39, 0.29) is 22.5 Å². The van der Waals surface area contributed by atoms with Crippen LogP contribution in [0.15, 0.2) is 78.0 Å². The molecule has 4 rings (SSSR count). The van der Waals surface area contributed by atoms with Gasteiger partial charge in [-0.15, -0.1) is 0 Å². The summed E-state index contributed by atoms with van der Waals surface area (Å²) >= 11 is 0. The Bertz CT molecular complexity index is 1180. The number of sulfonamides is 1. The fourth-order valence-corrected chi connectivity index (χ4v) is 5.89. The van der Waals surface area contributed by atoms with E-state index >= 15 is 0 Å². The van der Waals surface area contributed by atoms with Gasteiger partial charge in [0.25, 0.3) is 0 Å². The maximum Gasteiger partial charge on any atom is 0.243 e. The molecule has 1 aliphatic rings. The van der Waals surface area contributed by atoms with Gasteiger partial charge in [-0.3, -0.25) is 4.98 Å². The van der Waals surface area contributed by atoms with Crippen molar-refractivity contribution in [3.05, 3.63) is 95.8 Å². The molecule has 1 atom stereocenters. The van der Waals surface area contributed by atoms with Gasteiger partial charge in [0, 0.05) is 37.4 Å².